The predicted octanol–water partition coefficient (Wildman–Crippen LogP) is 1.85. The highest BCUT2D eigenvalue weighted by molar-refractivity contribution is 9.09. The molecular weight excluding hydrogens is 258 g/mol. The van der Waals surface area contributed by atoms with Crippen LogP contribution in [0.15, 0.2) is 12.3 Å². The van der Waals surface area contributed by atoms with Crippen molar-refractivity contribution in [3.8, 4) is 0 Å². The zero-order valence-corrected chi connectivity index (χ0v) is 9.96. The first-order valence-corrected chi connectivity index (χ1v) is 6.13. The Morgan fingerprint density at radius 3 is 3.00 bits per heavy atom. The van der Waals surface area contributed by atoms with Gasteiger partial charge in [-0.25, -0.2) is 0 Å². The molecule has 82 valence electrons. The molecule has 5 heteroatoms. The summed E-state index contributed by atoms with van der Waals surface area (Å²) in [5.74, 6) is -0.0659. The van der Waals surface area contributed by atoms with E-state index in [0.717, 1.165) is 12.8 Å². The van der Waals surface area contributed by atoms with Crippen LogP contribution >= 0.6 is 15.9 Å². The number of alkyl halides is 1. The fraction of sp³-hybridized carbons (Fsp3) is 0.600. The van der Waals surface area contributed by atoms with E-state index in [1.54, 1.807) is 12.3 Å². The molecule has 15 heavy (non-hydrogen) atoms. The van der Waals surface area contributed by atoms with E-state index in [0.29, 0.717) is 10.5 Å². The van der Waals surface area contributed by atoms with Crippen LogP contribution < -0.4 is 5.32 Å². The summed E-state index contributed by atoms with van der Waals surface area (Å²) in [6, 6.07) is 1.93. The lowest BCUT2D eigenvalue weighted by Crippen LogP contribution is -2.42. The SMILES string of the molecule is O=C(NC1CCCCC1Br)c1ccn[nH]1. The Morgan fingerprint density at radius 1 is 1.53 bits per heavy atom. The monoisotopic (exact) mass is 271 g/mol. The number of rotatable bonds is 2. The lowest BCUT2D eigenvalue weighted by atomic mass is 9.95. The predicted molar refractivity (Wildman–Crippen MR) is 61.0 cm³/mol. The Morgan fingerprint density at radius 2 is 2.33 bits per heavy atom. The number of aromatic nitrogens is 2. The van der Waals surface area contributed by atoms with Gasteiger partial charge in [0.25, 0.3) is 5.91 Å². The van der Waals surface area contributed by atoms with Crippen molar-refractivity contribution >= 4 is 21.8 Å². The van der Waals surface area contributed by atoms with Gasteiger partial charge in [0.2, 0.25) is 0 Å². The Balaban J connectivity index is 1.93. The van der Waals surface area contributed by atoms with E-state index in [1.807, 2.05) is 0 Å². The van der Waals surface area contributed by atoms with Crippen molar-refractivity contribution in [2.24, 2.45) is 0 Å². The van der Waals surface area contributed by atoms with Gasteiger partial charge in [-0.05, 0) is 18.9 Å². The Kier molecular flexibility index (Phi) is 3.41. The first-order chi connectivity index (χ1) is 7.27. The maximum Gasteiger partial charge on any atom is 0.269 e. The minimum absolute atomic E-state index is 0.0659. The Labute approximate surface area is 97.0 Å². The Hall–Kier alpha value is -0.840. The van der Waals surface area contributed by atoms with Crippen LogP contribution in [0.1, 0.15) is 36.2 Å². The lowest BCUT2D eigenvalue weighted by Gasteiger charge is -2.27. The molecule has 1 saturated carbocycles. The minimum atomic E-state index is -0.0659. The number of nitrogens with zero attached hydrogens (tertiary/aromatic N) is 1. The maximum atomic E-state index is 11.7. The quantitative estimate of drug-likeness (QED) is 0.807. The average molecular weight is 272 g/mol. The maximum absolute atomic E-state index is 11.7. The van der Waals surface area contributed by atoms with Gasteiger partial charge in [-0.3, -0.25) is 9.89 Å². The van der Waals surface area contributed by atoms with E-state index in [2.05, 4.69) is 31.4 Å². The summed E-state index contributed by atoms with van der Waals surface area (Å²) in [5.41, 5.74) is 0.528. The average Bonchev–Trinajstić information content (AvgIpc) is 2.74. The molecule has 0 bridgehead atoms. The molecule has 1 aliphatic rings. The third kappa shape index (κ3) is 2.59. The van der Waals surface area contributed by atoms with E-state index in [-0.39, 0.29) is 11.9 Å². The van der Waals surface area contributed by atoms with Crippen molar-refractivity contribution in [3.05, 3.63) is 18.0 Å². The first-order valence-electron chi connectivity index (χ1n) is 5.21. The molecule has 0 aromatic carbocycles. The normalized spacial score (nSPS) is 26.2. The zero-order valence-electron chi connectivity index (χ0n) is 8.37. The van der Waals surface area contributed by atoms with E-state index >= 15 is 0 Å². The summed E-state index contributed by atoms with van der Waals surface area (Å²) < 4.78 is 0. The van der Waals surface area contributed by atoms with Gasteiger partial charge in [0.1, 0.15) is 5.69 Å². The summed E-state index contributed by atoms with van der Waals surface area (Å²) in [6.07, 6.45) is 6.20. The molecule has 2 unspecified atom stereocenters. The standard InChI is InChI=1S/C10H14BrN3O/c11-7-3-1-2-4-8(7)13-10(15)9-5-6-12-14-9/h5-8H,1-4H2,(H,12,14)(H,13,15). The molecule has 0 saturated heterocycles. The van der Waals surface area contributed by atoms with Crippen molar-refractivity contribution in [1.82, 2.24) is 15.5 Å². The zero-order chi connectivity index (χ0) is 10.7. The summed E-state index contributed by atoms with van der Waals surface area (Å²) in [6.45, 7) is 0. The third-order valence-electron chi connectivity index (χ3n) is 2.74. The van der Waals surface area contributed by atoms with Crippen LogP contribution in [-0.4, -0.2) is 27.0 Å². The van der Waals surface area contributed by atoms with Crippen molar-refractivity contribution in [3.63, 3.8) is 0 Å². The number of nitrogens with one attached hydrogen (secondary N) is 2. The van der Waals surface area contributed by atoms with Crippen molar-refractivity contribution < 1.29 is 4.79 Å². The number of halogens is 1. The van der Waals surface area contributed by atoms with Gasteiger partial charge in [0, 0.05) is 17.1 Å². The number of carbonyl (C=O) groups excluding carboxylic acids is 1. The fourth-order valence-electron chi connectivity index (χ4n) is 1.88. The largest absolute Gasteiger partial charge is 0.347 e. The van der Waals surface area contributed by atoms with Crippen LogP contribution in [0.25, 0.3) is 0 Å². The van der Waals surface area contributed by atoms with Crippen molar-refractivity contribution in [2.45, 2.75) is 36.6 Å². The van der Waals surface area contributed by atoms with Crippen LogP contribution in [0.5, 0.6) is 0 Å². The van der Waals surface area contributed by atoms with E-state index < -0.39 is 0 Å². The number of H-pyrrole nitrogens is 1. The van der Waals surface area contributed by atoms with Crippen molar-refractivity contribution in [2.75, 3.05) is 0 Å². The topological polar surface area (TPSA) is 57.8 Å². The van der Waals surface area contributed by atoms with Gasteiger partial charge in [-0.1, -0.05) is 28.8 Å². The van der Waals surface area contributed by atoms with Gasteiger partial charge >= 0.3 is 0 Å². The number of amides is 1. The van der Waals surface area contributed by atoms with E-state index in [4.69, 9.17) is 0 Å². The van der Waals surface area contributed by atoms with Gasteiger partial charge in [0.05, 0.1) is 0 Å². The molecule has 1 aliphatic carbocycles. The molecule has 1 amide bonds. The van der Waals surface area contributed by atoms with Crippen LogP contribution in [0.2, 0.25) is 0 Å². The summed E-state index contributed by atoms with van der Waals surface area (Å²) in [5, 5.41) is 9.44. The molecule has 2 N–H and O–H groups in total. The smallest absolute Gasteiger partial charge is 0.269 e. The number of aromatic amines is 1. The highest BCUT2D eigenvalue weighted by Gasteiger charge is 2.24. The van der Waals surface area contributed by atoms with E-state index in [1.165, 1.54) is 12.8 Å². The van der Waals surface area contributed by atoms with Crippen LogP contribution in [0.3, 0.4) is 0 Å². The fourth-order valence-corrected chi connectivity index (χ4v) is 2.60. The van der Waals surface area contributed by atoms with Gasteiger partial charge in [-0.15, -0.1) is 0 Å². The van der Waals surface area contributed by atoms with Crippen LogP contribution in [-0.2, 0) is 0 Å². The third-order valence-corrected chi connectivity index (χ3v) is 3.84. The van der Waals surface area contributed by atoms with Crippen LogP contribution in [0.4, 0.5) is 0 Å². The number of carbonyl (C=O) groups is 1. The molecule has 2 rings (SSSR count). The minimum Gasteiger partial charge on any atom is -0.347 e. The first kappa shape index (κ1) is 10.7. The van der Waals surface area contributed by atoms with Crippen molar-refractivity contribution in [1.29, 1.82) is 0 Å². The molecule has 0 spiro atoms. The second-order valence-electron chi connectivity index (χ2n) is 3.85. The molecule has 1 fully saturated rings. The molecular formula is C10H14BrN3O. The molecule has 4 nitrogen and oxygen atoms in total. The highest BCUT2D eigenvalue weighted by Crippen LogP contribution is 2.24. The van der Waals surface area contributed by atoms with E-state index in [9.17, 15) is 4.79 Å². The Bertz CT molecular complexity index is 325. The highest BCUT2D eigenvalue weighted by atomic mass is 79.9. The van der Waals surface area contributed by atoms with Gasteiger partial charge in [0.15, 0.2) is 0 Å². The molecule has 0 aliphatic heterocycles. The number of hydrogen-bond acceptors (Lipinski definition) is 2. The summed E-state index contributed by atoms with van der Waals surface area (Å²) in [4.78, 5) is 12.1. The summed E-state index contributed by atoms with van der Waals surface area (Å²) >= 11 is 3.61. The second kappa shape index (κ2) is 4.79. The molecule has 1 heterocycles. The van der Waals surface area contributed by atoms with Crippen LogP contribution in [0, 0.1) is 0 Å². The van der Waals surface area contributed by atoms with Gasteiger partial charge < -0.3 is 5.32 Å². The summed E-state index contributed by atoms with van der Waals surface area (Å²) in [7, 11) is 0. The molecule has 1 aromatic rings. The molecule has 0 radical (unpaired) electrons. The van der Waals surface area contributed by atoms with Gasteiger partial charge in [-0.2, -0.15) is 5.10 Å². The lowest BCUT2D eigenvalue weighted by molar-refractivity contribution is 0.0924. The molecule has 1 aromatic heterocycles. The second-order valence-corrected chi connectivity index (χ2v) is 5.03. The number of hydrogen-bond donors (Lipinski definition) is 2. The molecule has 2 atom stereocenters.